The van der Waals surface area contributed by atoms with Crippen molar-refractivity contribution in [1.82, 2.24) is 4.90 Å². The summed E-state index contributed by atoms with van der Waals surface area (Å²) in [6.07, 6.45) is 8.35. The topological polar surface area (TPSA) is 29.5 Å². The molecule has 2 bridgehead atoms. The third-order valence-electron chi connectivity index (χ3n) is 5.15. The summed E-state index contributed by atoms with van der Waals surface area (Å²) in [6, 6.07) is 7.03. The fraction of sp³-hybridized carbons (Fsp3) is 0.611. The highest BCUT2D eigenvalue weighted by Crippen LogP contribution is 2.40. The molecule has 0 spiro atoms. The van der Waals surface area contributed by atoms with Gasteiger partial charge in [-0.1, -0.05) is 6.07 Å². The zero-order valence-electron chi connectivity index (χ0n) is 13.8. The number of hydrogen-bond donors (Lipinski definition) is 0. The van der Waals surface area contributed by atoms with E-state index in [0.717, 1.165) is 21.9 Å². The molecule has 0 aromatic heterocycles. The second-order valence-electron chi connectivity index (χ2n) is 6.48. The van der Waals surface area contributed by atoms with Crippen LogP contribution >= 0.6 is 27.7 Å². The molecule has 5 heteroatoms. The van der Waals surface area contributed by atoms with Gasteiger partial charge in [-0.3, -0.25) is 4.79 Å². The molecule has 3 rings (SSSR count). The molecule has 1 aromatic rings. The van der Waals surface area contributed by atoms with Crippen LogP contribution < -0.4 is 4.74 Å². The number of ether oxygens (including phenoxy) is 1. The summed E-state index contributed by atoms with van der Waals surface area (Å²) in [5.74, 6) is 1.17. The van der Waals surface area contributed by atoms with Gasteiger partial charge in [-0.2, -0.15) is 11.8 Å². The SMILES string of the molecule is COc1ccc(CCC(=O)N2C3CCC2CC(SC)C3)cc1Br. The Morgan fingerprint density at radius 2 is 2.04 bits per heavy atom. The number of benzene rings is 1. The predicted molar refractivity (Wildman–Crippen MR) is 99.2 cm³/mol. The molecule has 0 aliphatic carbocycles. The highest BCUT2D eigenvalue weighted by molar-refractivity contribution is 9.10. The lowest BCUT2D eigenvalue weighted by Crippen LogP contribution is -2.47. The number of carbonyl (C=O) groups is 1. The van der Waals surface area contributed by atoms with E-state index in [1.165, 1.54) is 31.2 Å². The molecule has 3 nitrogen and oxygen atoms in total. The Labute approximate surface area is 151 Å². The van der Waals surface area contributed by atoms with Crippen molar-refractivity contribution >= 4 is 33.6 Å². The fourth-order valence-electron chi connectivity index (χ4n) is 3.97. The number of amides is 1. The monoisotopic (exact) mass is 397 g/mol. The molecule has 126 valence electrons. The first kappa shape index (κ1) is 17.2. The molecule has 2 atom stereocenters. The van der Waals surface area contributed by atoms with Crippen LogP contribution in [0.15, 0.2) is 22.7 Å². The van der Waals surface area contributed by atoms with Crippen LogP contribution in [0.25, 0.3) is 0 Å². The number of halogens is 1. The summed E-state index contributed by atoms with van der Waals surface area (Å²) < 4.78 is 6.20. The van der Waals surface area contributed by atoms with Crippen LogP contribution in [-0.4, -0.2) is 41.5 Å². The van der Waals surface area contributed by atoms with E-state index in [4.69, 9.17) is 4.74 Å². The second-order valence-corrected chi connectivity index (χ2v) is 8.48. The molecule has 2 saturated heterocycles. The lowest BCUT2D eigenvalue weighted by molar-refractivity contribution is -0.135. The summed E-state index contributed by atoms with van der Waals surface area (Å²) in [5.41, 5.74) is 1.18. The fourth-order valence-corrected chi connectivity index (χ4v) is 5.39. The van der Waals surface area contributed by atoms with Gasteiger partial charge in [-0.15, -0.1) is 0 Å². The Kier molecular flexibility index (Phi) is 5.57. The van der Waals surface area contributed by atoms with Gasteiger partial charge in [0.25, 0.3) is 0 Å². The summed E-state index contributed by atoms with van der Waals surface area (Å²) in [7, 11) is 1.66. The molecule has 2 aliphatic rings. The summed E-state index contributed by atoms with van der Waals surface area (Å²) in [4.78, 5) is 14.9. The first-order valence-electron chi connectivity index (χ1n) is 8.28. The summed E-state index contributed by atoms with van der Waals surface area (Å²) in [5, 5.41) is 0.745. The van der Waals surface area contributed by atoms with Crippen molar-refractivity contribution in [2.24, 2.45) is 0 Å². The molecular weight excluding hydrogens is 374 g/mol. The van der Waals surface area contributed by atoms with E-state index < -0.39 is 0 Å². The van der Waals surface area contributed by atoms with E-state index >= 15 is 0 Å². The summed E-state index contributed by atoms with van der Waals surface area (Å²) >= 11 is 5.48. The van der Waals surface area contributed by atoms with Crippen LogP contribution in [-0.2, 0) is 11.2 Å². The maximum absolute atomic E-state index is 12.7. The smallest absolute Gasteiger partial charge is 0.223 e. The number of hydrogen-bond acceptors (Lipinski definition) is 3. The Morgan fingerprint density at radius 1 is 1.35 bits per heavy atom. The van der Waals surface area contributed by atoms with E-state index in [-0.39, 0.29) is 0 Å². The van der Waals surface area contributed by atoms with Crippen LogP contribution in [0, 0.1) is 0 Å². The van der Waals surface area contributed by atoms with Crippen LogP contribution in [0.2, 0.25) is 0 Å². The average molecular weight is 398 g/mol. The maximum Gasteiger partial charge on any atom is 0.223 e. The largest absolute Gasteiger partial charge is 0.496 e. The Hall–Kier alpha value is -0.680. The number of nitrogens with zero attached hydrogens (tertiary/aromatic N) is 1. The van der Waals surface area contributed by atoms with Gasteiger partial charge in [0.2, 0.25) is 5.91 Å². The number of aryl methyl sites for hydroxylation is 1. The second kappa shape index (κ2) is 7.47. The molecule has 2 fully saturated rings. The van der Waals surface area contributed by atoms with E-state index in [1.54, 1.807) is 7.11 Å². The zero-order chi connectivity index (χ0) is 16.4. The van der Waals surface area contributed by atoms with Crippen LogP contribution in [0.3, 0.4) is 0 Å². The molecule has 2 unspecified atom stereocenters. The third-order valence-corrected chi connectivity index (χ3v) is 6.83. The van der Waals surface area contributed by atoms with Crippen molar-refractivity contribution in [2.75, 3.05) is 13.4 Å². The van der Waals surface area contributed by atoms with Gasteiger partial charge in [-0.05, 0) is 72.0 Å². The Balaban J connectivity index is 1.59. The van der Waals surface area contributed by atoms with Crippen molar-refractivity contribution in [1.29, 1.82) is 0 Å². The number of piperidine rings is 1. The molecule has 1 aromatic carbocycles. The highest BCUT2D eigenvalue weighted by Gasteiger charge is 2.42. The molecular formula is C18H24BrNO2S. The molecule has 1 amide bonds. The lowest BCUT2D eigenvalue weighted by Gasteiger charge is -2.38. The number of rotatable bonds is 5. The third kappa shape index (κ3) is 3.71. The quantitative estimate of drug-likeness (QED) is 0.742. The molecule has 0 radical (unpaired) electrons. The van der Waals surface area contributed by atoms with Gasteiger partial charge in [0.15, 0.2) is 0 Å². The number of carbonyl (C=O) groups excluding carboxylic acids is 1. The van der Waals surface area contributed by atoms with Gasteiger partial charge in [0, 0.05) is 23.8 Å². The van der Waals surface area contributed by atoms with E-state index in [1.807, 2.05) is 23.9 Å². The van der Waals surface area contributed by atoms with Crippen molar-refractivity contribution in [3.63, 3.8) is 0 Å². The van der Waals surface area contributed by atoms with Crippen molar-refractivity contribution < 1.29 is 9.53 Å². The minimum Gasteiger partial charge on any atom is -0.496 e. The standard InChI is InChI=1S/C18H24BrNO2S/c1-22-17-7-3-12(9-16(17)19)4-8-18(21)20-13-5-6-14(20)11-15(10-13)23-2/h3,7,9,13-15H,4-6,8,10-11H2,1-2H3. The average Bonchev–Trinajstić information content (AvgIpc) is 2.83. The number of methoxy groups -OCH3 is 1. The van der Waals surface area contributed by atoms with E-state index in [2.05, 4.69) is 33.2 Å². The normalized spacial score (nSPS) is 26.4. The number of fused-ring (bicyclic) bond motifs is 2. The molecule has 2 aliphatic heterocycles. The van der Waals surface area contributed by atoms with Crippen LogP contribution in [0.4, 0.5) is 0 Å². The molecule has 0 saturated carbocycles. The first-order chi connectivity index (χ1) is 11.1. The maximum atomic E-state index is 12.7. The molecule has 2 heterocycles. The predicted octanol–water partition coefficient (Wildman–Crippen LogP) is 4.28. The van der Waals surface area contributed by atoms with E-state index in [0.29, 0.717) is 24.4 Å². The van der Waals surface area contributed by atoms with Gasteiger partial charge >= 0.3 is 0 Å². The van der Waals surface area contributed by atoms with Gasteiger partial charge in [0.05, 0.1) is 11.6 Å². The van der Waals surface area contributed by atoms with Crippen molar-refractivity contribution in [3.05, 3.63) is 28.2 Å². The Morgan fingerprint density at radius 3 is 2.61 bits per heavy atom. The van der Waals surface area contributed by atoms with Crippen molar-refractivity contribution in [3.8, 4) is 5.75 Å². The van der Waals surface area contributed by atoms with Gasteiger partial charge < -0.3 is 9.64 Å². The molecule has 23 heavy (non-hydrogen) atoms. The first-order valence-corrected chi connectivity index (χ1v) is 10.4. The van der Waals surface area contributed by atoms with E-state index in [9.17, 15) is 4.79 Å². The zero-order valence-corrected chi connectivity index (χ0v) is 16.2. The van der Waals surface area contributed by atoms with Gasteiger partial charge in [-0.25, -0.2) is 0 Å². The van der Waals surface area contributed by atoms with Gasteiger partial charge in [0.1, 0.15) is 5.75 Å². The van der Waals surface area contributed by atoms with Crippen molar-refractivity contribution in [2.45, 2.75) is 55.9 Å². The highest BCUT2D eigenvalue weighted by atomic mass is 79.9. The summed E-state index contributed by atoms with van der Waals surface area (Å²) in [6.45, 7) is 0. The van der Waals surface area contributed by atoms with Crippen LogP contribution in [0.1, 0.15) is 37.7 Å². The lowest BCUT2D eigenvalue weighted by atomic mass is 10.0. The number of thioether (sulfide) groups is 1. The minimum atomic E-state index is 0.337. The van der Waals surface area contributed by atoms with Crippen LogP contribution in [0.5, 0.6) is 5.75 Å². The Bertz CT molecular complexity index is 566. The minimum absolute atomic E-state index is 0.337. The molecule has 0 N–H and O–H groups in total.